The van der Waals surface area contributed by atoms with E-state index in [1.165, 1.54) is 16.8 Å². The van der Waals surface area contributed by atoms with Crippen LogP contribution < -0.4 is 5.32 Å². The van der Waals surface area contributed by atoms with E-state index >= 15 is 0 Å². The molecule has 1 aliphatic heterocycles. The van der Waals surface area contributed by atoms with Crippen LogP contribution in [0.2, 0.25) is 0 Å². The number of hydrogen-bond donors (Lipinski definition) is 1. The molecule has 2 heterocycles. The molecule has 2 aromatic rings. The molecular formula is C20H30N4O. The number of rotatable bonds is 5. The highest BCUT2D eigenvalue weighted by molar-refractivity contribution is 5.56. The lowest BCUT2D eigenvalue weighted by atomic mass is 9.97. The third-order valence-electron chi connectivity index (χ3n) is 5.09. The maximum absolute atomic E-state index is 5.78. The Labute approximate surface area is 150 Å². The van der Waals surface area contributed by atoms with Gasteiger partial charge in [-0.1, -0.05) is 46.8 Å². The van der Waals surface area contributed by atoms with Gasteiger partial charge in [0, 0.05) is 30.2 Å². The van der Waals surface area contributed by atoms with Crippen LogP contribution in [0.1, 0.15) is 64.5 Å². The van der Waals surface area contributed by atoms with Gasteiger partial charge in [-0.2, -0.15) is 0 Å². The second-order valence-electron chi connectivity index (χ2n) is 8.44. The maximum atomic E-state index is 5.78. The number of fused-ring (bicyclic) bond motifs is 1. The van der Waals surface area contributed by atoms with Crippen molar-refractivity contribution in [2.75, 3.05) is 5.32 Å². The average molecular weight is 342 g/mol. The van der Waals surface area contributed by atoms with Crippen molar-refractivity contribution in [1.29, 1.82) is 0 Å². The molecule has 0 fully saturated rings. The first-order valence-electron chi connectivity index (χ1n) is 9.17. The zero-order chi connectivity index (χ0) is 18.2. The fourth-order valence-electron chi connectivity index (χ4n) is 3.12. The Morgan fingerprint density at radius 1 is 1.16 bits per heavy atom. The number of nitrogens with one attached hydrogen (secondary N) is 1. The minimum absolute atomic E-state index is 0.118. The summed E-state index contributed by atoms with van der Waals surface area (Å²) in [6, 6.07) is 7.08. The van der Waals surface area contributed by atoms with Gasteiger partial charge in [-0.3, -0.25) is 4.90 Å². The topological polar surface area (TPSA) is 54.2 Å². The third-order valence-corrected chi connectivity index (χ3v) is 5.09. The van der Waals surface area contributed by atoms with Gasteiger partial charge in [0.1, 0.15) is 0 Å². The van der Waals surface area contributed by atoms with E-state index in [1.807, 2.05) is 0 Å². The zero-order valence-electron chi connectivity index (χ0n) is 16.3. The van der Waals surface area contributed by atoms with Gasteiger partial charge in [-0.25, -0.2) is 0 Å². The monoisotopic (exact) mass is 342 g/mol. The van der Waals surface area contributed by atoms with Crippen LogP contribution in [0.4, 0.5) is 5.69 Å². The smallest absolute Gasteiger partial charge is 0.235 e. The summed E-state index contributed by atoms with van der Waals surface area (Å²) in [6.07, 6.45) is 0. The first-order valence-corrected chi connectivity index (χ1v) is 9.17. The molecule has 1 aliphatic rings. The highest BCUT2D eigenvalue weighted by Gasteiger charge is 2.27. The lowest BCUT2D eigenvalue weighted by Crippen LogP contribution is -2.32. The fraction of sp³-hybridized carbons (Fsp3) is 0.600. The molecule has 0 saturated carbocycles. The normalized spacial score (nSPS) is 16.3. The van der Waals surface area contributed by atoms with Crippen LogP contribution in [0.25, 0.3) is 0 Å². The summed E-state index contributed by atoms with van der Waals surface area (Å²) in [5, 5.41) is 11.8. The minimum atomic E-state index is -0.118. The highest BCUT2D eigenvalue weighted by Crippen LogP contribution is 2.32. The molecule has 0 unspecified atom stereocenters. The molecule has 0 aliphatic carbocycles. The molecule has 1 aromatic carbocycles. The molecule has 5 nitrogen and oxygen atoms in total. The van der Waals surface area contributed by atoms with Gasteiger partial charge in [0.25, 0.3) is 0 Å². The number of hydrogen-bond acceptors (Lipinski definition) is 5. The average Bonchev–Trinajstić information content (AvgIpc) is 3.18. The van der Waals surface area contributed by atoms with Gasteiger partial charge in [0.15, 0.2) is 0 Å². The second-order valence-corrected chi connectivity index (χ2v) is 8.44. The largest absolute Gasteiger partial charge is 0.423 e. The summed E-state index contributed by atoms with van der Waals surface area (Å²) in [5.41, 5.74) is 3.86. The minimum Gasteiger partial charge on any atom is -0.423 e. The molecule has 25 heavy (non-hydrogen) atoms. The Morgan fingerprint density at radius 3 is 2.56 bits per heavy atom. The summed E-state index contributed by atoms with van der Waals surface area (Å²) < 4.78 is 5.78. The SMILES string of the molecule is CC(C)[C@H](C)N1Cc2cccc(NCc3nnc(C(C)(C)C)o3)c2C1. The van der Waals surface area contributed by atoms with Crippen LogP contribution in [-0.2, 0) is 25.0 Å². The predicted octanol–water partition coefficient (Wildman–Crippen LogP) is 4.34. The van der Waals surface area contributed by atoms with E-state index in [2.05, 4.69) is 80.2 Å². The van der Waals surface area contributed by atoms with Crippen LogP contribution in [0.5, 0.6) is 0 Å². The molecule has 1 aromatic heterocycles. The van der Waals surface area contributed by atoms with Crippen molar-refractivity contribution in [3.63, 3.8) is 0 Å². The molecule has 0 spiro atoms. The van der Waals surface area contributed by atoms with E-state index in [1.54, 1.807) is 0 Å². The van der Waals surface area contributed by atoms with Gasteiger partial charge in [0.2, 0.25) is 11.8 Å². The van der Waals surface area contributed by atoms with E-state index < -0.39 is 0 Å². The lowest BCUT2D eigenvalue weighted by Gasteiger charge is -2.27. The molecule has 5 heteroatoms. The van der Waals surface area contributed by atoms with E-state index in [0.717, 1.165) is 13.1 Å². The number of anilines is 1. The van der Waals surface area contributed by atoms with E-state index in [4.69, 9.17) is 4.42 Å². The van der Waals surface area contributed by atoms with Gasteiger partial charge >= 0.3 is 0 Å². The molecule has 1 N–H and O–H groups in total. The summed E-state index contributed by atoms with van der Waals surface area (Å²) >= 11 is 0. The van der Waals surface area contributed by atoms with Gasteiger partial charge in [0.05, 0.1) is 6.54 Å². The van der Waals surface area contributed by atoms with Crippen molar-refractivity contribution < 1.29 is 4.42 Å². The number of nitrogens with zero attached hydrogens (tertiary/aromatic N) is 3. The van der Waals surface area contributed by atoms with E-state index in [9.17, 15) is 0 Å². The lowest BCUT2D eigenvalue weighted by molar-refractivity contribution is 0.170. The quantitative estimate of drug-likeness (QED) is 0.876. The van der Waals surface area contributed by atoms with Crippen molar-refractivity contribution in [2.24, 2.45) is 5.92 Å². The van der Waals surface area contributed by atoms with Crippen molar-refractivity contribution in [2.45, 2.75) is 72.6 Å². The Hall–Kier alpha value is -1.88. The van der Waals surface area contributed by atoms with Crippen molar-refractivity contribution in [1.82, 2.24) is 15.1 Å². The van der Waals surface area contributed by atoms with Crippen LogP contribution in [0.3, 0.4) is 0 Å². The van der Waals surface area contributed by atoms with Crippen molar-refractivity contribution in [3.05, 3.63) is 41.1 Å². The Bertz CT molecular complexity index is 730. The van der Waals surface area contributed by atoms with E-state index in [0.29, 0.717) is 30.3 Å². The predicted molar refractivity (Wildman–Crippen MR) is 100 cm³/mol. The maximum Gasteiger partial charge on any atom is 0.235 e. The Kier molecular flexibility index (Phi) is 4.87. The van der Waals surface area contributed by atoms with Crippen LogP contribution in [0, 0.1) is 5.92 Å². The fourth-order valence-corrected chi connectivity index (χ4v) is 3.12. The van der Waals surface area contributed by atoms with Crippen LogP contribution in [-0.4, -0.2) is 21.1 Å². The molecule has 0 bridgehead atoms. The molecule has 0 amide bonds. The van der Waals surface area contributed by atoms with Crippen molar-refractivity contribution in [3.8, 4) is 0 Å². The van der Waals surface area contributed by atoms with Gasteiger partial charge < -0.3 is 9.73 Å². The van der Waals surface area contributed by atoms with Crippen LogP contribution >= 0.6 is 0 Å². The molecule has 0 radical (unpaired) electrons. The molecule has 136 valence electrons. The third kappa shape index (κ3) is 3.87. The van der Waals surface area contributed by atoms with Gasteiger partial charge in [-0.15, -0.1) is 10.2 Å². The molecular weight excluding hydrogens is 312 g/mol. The summed E-state index contributed by atoms with van der Waals surface area (Å²) in [6.45, 7) is 15.7. The number of aromatic nitrogens is 2. The summed E-state index contributed by atoms with van der Waals surface area (Å²) in [4.78, 5) is 2.55. The van der Waals surface area contributed by atoms with E-state index in [-0.39, 0.29) is 5.41 Å². The Morgan fingerprint density at radius 2 is 1.92 bits per heavy atom. The molecule has 3 rings (SSSR count). The molecule has 0 saturated heterocycles. The highest BCUT2D eigenvalue weighted by atomic mass is 16.4. The second kappa shape index (κ2) is 6.79. The summed E-state index contributed by atoms with van der Waals surface area (Å²) in [7, 11) is 0. The molecule has 1 atom stereocenters. The van der Waals surface area contributed by atoms with Gasteiger partial charge in [-0.05, 0) is 30.0 Å². The standard InChI is InChI=1S/C20H30N4O/c1-13(2)14(3)24-11-15-8-7-9-17(16(15)12-24)21-10-18-22-23-19(25-18)20(4,5)6/h7-9,13-14,21H,10-12H2,1-6H3/t14-/m0/s1. The first-order chi connectivity index (χ1) is 11.8. The van der Waals surface area contributed by atoms with Crippen LogP contribution in [0.15, 0.2) is 22.6 Å². The zero-order valence-corrected chi connectivity index (χ0v) is 16.3. The Balaban J connectivity index is 1.70. The number of benzene rings is 1. The van der Waals surface area contributed by atoms with Crippen molar-refractivity contribution >= 4 is 5.69 Å². The first kappa shape index (κ1) is 17.9. The summed E-state index contributed by atoms with van der Waals surface area (Å²) in [5.74, 6) is 1.97.